The molecule has 4 fully saturated rings. The molecule has 12 rings (SSSR count). The molecule has 4 aliphatic rings. The second kappa shape index (κ2) is 22.0. The Labute approximate surface area is 441 Å². The molecule has 384 valence electrons. The second-order valence-corrected chi connectivity index (χ2v) is 21.6. The summed E-state index contributed by atoms with van der Waals surface area (Å²) in [6, 6.07) is 23.2. The van der Waals surface area contributed by atoms with Crippen LogP contribution in [0.3, 0.4) is 0 Å². The van der Waals surface area contributed by atoms with Crippen LogP contribution in [0.15, 0.2) is 110 Å². The first kappa shape index (κ1) is 48.8. The minimum atomic E-state index is -0.287. The van der Waals surface area contributed by atoms with E-state index in [1.807, 2.05) is 85.7 Å². The molecule has 15 nitrogen and oxygen atoms in total. The maximum atomic E-state index is 16.2. The van der Waals surface area contributed by atoms with Crippen LogP contribution >= 0.6 is 23.2 Å². The van der Waals surface area contributed by atoms with Crippen molar-refractivity contribution in [2.75, 3.05) is 115 Å². The fourth-order valence-electron chi connectivity index (χ4n) is 12.1. The highest BCUT2D eigenvalue weighted by molar-refractivity contribution is 6.30. The molecule has 0 saturated carbocycles. The number of benzene rings is 2. The number of Topliss-reactive ketones (excluding diaryl/α,β-unsaturated/α-hetero) is 1. The van der Waals surface area contributed by atoms with Gasteiger partial charge in [0.2, 0.25) is 0 Å². The fourth-order valence-corrected chi connectivity index (χ4v) is 12.4. The van der Waals surface area contributed by atoms with Gasteiger partial charge in [0.1, 0.15) is 22.8 Å². The van der Waals surface area contributed by atoms with Crippen molar-refractivity contribution in [3.05, 3.63) is 120 Å². The number of carbonyl (C=O) groups excluding carboxylic acids is 1. The number of ketones is 1. The van der Waals surface area contributed by atoms with E-state index in [1.54, 1.807) is 0 Å². The number of hydrogen-bond acceptors (Lipinski definition) is 13. The summed E-state index contributed by atoms with van der Waals surface area (Å²) in [5.74, 6) is 2.54. The molecule has 4 atom stereocenters. The molecule has 17 heteroatoms. The zero-order valence-corrected chi connectivity index (χ0v) is 43.3. The summed E-state index contributed by atoms with van der Waals surface area (Å²) < 4.78 is 12.8. The van der Waals surface area contributed by atoms with Crippen LogP contribution < -0.4 is 19.3 Å². The van der Waals surface area contributed by atoms with Gasteiger partial charge >= 0.3 is 0 Å². The molecule has 4 aliphatic heterocycles. The number of nitrogens with one attached hydrogen (secondary N) is 2. The number of carbonyl (C=O) groups is 1. The Balaban J connectivity index is 0.810. The number of ether oxygens (including phenoxy) is 2. The highest BCUT2D eigenvalue weighted by atomic mass is 35.5. The number of H-pyrrole nitrogens is 2. The van der Waals surface area contributed by atoms with Crippen molar-refractivity contribution >= 4 is 84.2 Å². The molecule has 74 heavy (non-hydrogen) atoms. The van der Waals surface area contributed by atoms with Crippen molar-refractivity contribution in [1.82, 2.24) is 49.5 Å². The lowest BCUT2D eigenvalue weighted by atomic mass is 9.91. The Morgan fingerprint density at radius 2 is 0.986 bits per heavy atom. The van der Waals surface area contributed by atoms with Gasteiger partial charge in [-0.15, -0.1) is 0 Å². The number of anilines is 2. The van der Waals surface area contributed by atoms with Crippen LogP contribution in [0.25, 0.3) is 43.9 Å². The predicted octanol–water partition coefficient (Wildman–Crippen LogP) is 8.67. The Hall–Kier alpha value is -6.07. The van der Waals surface area contributed by atoms with E-state index in [0.717, 1.165) is 160 Å². The maximum absolute atomic E-state index is 16.2. The van der Waals surface area contributed by atoms with E-state index < -0.39 is 0 Å². The van der Waals surface area contributed by atoms with Gasteiger partial charge in [0.15, 0.2) is 5.78 Å². The van der Waals surface area contributed by atoms with Gasteiger partial charge in [0.25, 0.3) is 0 Å². The average molecular weight is 1040 g/mol. The van der Waals surface area contributed by atoms with Crippen LogP contribution in [0, 0.1) is 11.8 Å². The normalized spacial score (nSPS) is 20.7. The van der Waals surface area contributed by atoms with Gasteiger partial charge in [-0.05, 0) is 112 Å². The first-order valence-electron chi connectivity index (χ1n) is 26.5. The Morgan fingerprint density at radius 1 is 0.554 bits per heavy atom. The molecule has 0 spiro atoms. The second-order valence-electron chi connectivity index (χ2n) is 20.7. The van der Waals surface area contributed by atoms with Gasteiger partial charge < -0.3 is 29.2 Å². The lowest BCUT2D eigenvalue weighted by molar-refractivity contribution is -0.133. The summed E-state index contributed by atoms with van der Waals surface area (Å²) in [6.45, 7) is 12.7. The van der Waals surface area contributed by atoms with Crippen LogP contribution in [0.2, 0.25) is 10.0 Å². The third-order valence-electron chi connectivity index (χ3n) is 16.1. The van der Waals surface area contributed by atoms with Crippen LogP contribution in [0.5, 0.6) is 11.5 Å². The van der Waals surface area contributed by atoms with E-state index in [4.69, 9.17) is 42.6 Å². The van der Waals surface area contributed by atoms with Gasteiger partial charge in [0, 0.05) is 158 Å². The minimum absolute atomic E-state index is 0.287. The quantitative estimate of drug-likeness (QED) is 0.0956. The molecule has 6 aromatic heterocycles. The Bertz CT molecular complexity index is 2980. The van der Waals surface area contributed by atoms with Gasteiger partial charge in [0.05, 0.1) is 48.7 Å². The van der Waals surface area contributed by atoms with Crippen molar-refractivity contribution in [3.63, 3.8) is 0 Å². The zero-order chi connectivity index (χ0) is 50.0. The molecular formula is C57H64Cl2N12O3. The number of aromatic nitrogens is 6. The van der Waals surface area contributed by atoms with Gasteiger partial charge in [-0.1, -0.05) is 23.2 Å². The van der Waals surface area contributed by atoms with Crippen molar-refractivity contribution in [2.45, 2.75) is 37.8 Å². The van der Waals surface area contributed by atoms with E-state index in [9.17, 15) is 0 Å². The standard InChI is InChI=1S/C57H64Cl2N12O3/c58-41-5-9-43(10-6-41)73-37-39-3-1-21-70(33-39)51(35-66-23-27-68(28-24-66)49-15-19-60-47-31-64-56-45(53(47)49)13-17-62-56)55(72)52(71-22-2-4-40(34-71)38-74-44-11-7-42(59)8-12-44)36-67-25-29-69(30-26-67)50-16-20-61-48-32-65-57-46(54(48)50)14-18-63-57/h5-20,31-32,39-40,51-52H,1-4,21-30,33-38H2,(H,62,64)(H,63,65). The summed E-state index contributed by atoms with van der Waals surface area (Å²) in [5, 5.41) is 5.82. The first-order valence-corrected chi connectivity index (χ1v) is 27.3. The third kappa shape index (κ3) is 10.6. The third-order valence-corrected chi connectivity index (χ3v) is 16.6. The van der Waals surface area contributed by atoms with Crippen molar-refractivity contribution < 1.29 is 14.3 Å². The number of nitrogens with zero attached hydrogens (tertiary/aromatic N) is 10. The van der Waals surface area contributed by atoms with E-state index in [0.29, 0.717) is 42.1 Å². The molecule has 0 radical (unpaired) electrons. The van der Waals surface area contributed by atoms with Crippen LogP contribution in [0.4, 0.5) is 11.4 Å². The van der Waals surface area contributed by atoms with E-state index in [1.165, 1.54) is 11.4 Å². The first-order chi connectivity index (χ1) is 36.4. The maximum Gasteiger partial charge on any atom is 0.169 e. The smallest absolute Gasteiger partial charge is 0.169 e. The number of piperidine rings is 2. The number of pyridine rings is 4. The molecule has 2 N–H and O–H groups in total. The lowest BCUT2D eigenvalue weighted by Gasteiger charge is -2.46. The SMILES string of the molecule is O=C(C(CN1CCN(c2ccnc3cnc4[nH]ccc4c23)CC1)N1CCCC(COc2ccc(Cl)cc2)C1)C(CN1CCN(c2ccnc3cnc4[nH]ccc4c23)CC1)N1CCCC(COc2ccc(Cl)cc2)C1. The molecular weight excluding hydrogens is 972 g/mol. The van der Waals surface area contributed by atoms with E-state index >= 15 is 4.79 Å². The predicted molar refractivity (Wildman–Crippen MR) is 295 cm³/mol. The van der Waals surface area contributed by atoms with Crippen molar-refractivity contribution in [2.24, 2.45) is 11.8 Å². The number of rotatable bonds is 16. The Morgan fingerprint density at radius 3 is 1.42 bits per heavy atom. The monoisotopic (exact) mass is 1030 g/mol. The fraction of sp³-hybridized carbons (Fsp3) is 0.421. The van der Waals surface area contributed by atoms with Crippen molar-refractivity contribution in [1.29, 1.82) is 0 Å². The number of hydrogen-bond donors (Lipinski definition) is 2. The average Bonchev–Trinajstić information content (AvgIpc) is 4.15. The van der Waals surface area contributed by atoms with E-state index in [-0.39, 0.29) is 23.9 Å². The molecule has 0 aliphatic carbocycles. The molecule has 4 unspecified atom stereocenters. The minimum Gasteiger partial charge on any atom is -0.493 e. The topological polar surface area (TPSA) is 138 Å². The molecule has 4 saturated heterocycles. The number of piperazine rings is 2. The summed E-state index contributed by atoms with van der Waals surface area (Å²) in [4.78, 5) is 56.6. The molecule has 10 heterocycles. The number of halogens is 2. The van der Waals surface area contributed by atoms with Gasteiger partial charge in [-0.25, -0.2) is 9.97 Å². The largest absolute Gasteiger partial charge is 0.493 e. The van der Waals surface area contributed by atoms with E-state index in [2.05, 4.69) is 73.6 Å². The van der Waals surface area contributed by atoms with Gasteiger partial charge in [-0.2, -0.15) is 0 Å². The number of fused-ring (bicyclic) bond motifs is 6. The Kier molecular flexibility index (Phi) is 14.5. The van der Waals surface area contributed by atoms with Crippen LogP contribution in [-0.2, 0) is 4.79 Å². The number of likely N-dealkylation sites (tertiary alicyclic amines) is 2. The van der Waals surface area contributed by atoms with Crippen LogP contribution in [-0.4, -0.2) is 172 Å². The molecule has 0 amide bonds. The zero-order valence-electron chi connectivity index (χ0n) is 41.8. The molecule has 8 aromatic rings. The molecule has 2 aromatic carbocycles. The summed E-state index contributed by atoms with van der Waals surface area (Å²) in [5.41, 5.74) is 5.89. The molecule has 0 bridgehead atoms. The summed E-state index contributed by atoms with van der Waals surface area (Å²) in [7, 11) is 0. The van der Waals surface area contributed by atoms with Crippen LogP contribution in [0.1, 0.15) is 25.7 Å². The highest BCUT2D eigenvalue weighted by Crippen LogP contribution is 2.35. The summed E-state index contributed by atoms with van der Waals surface area (Å²) in [6.07, 6.45) is 15.6. The highest BCUT2D eigenvalue weighted by Gasteiger charge is 2.41. The number of aromatic amines is 2. The lowest BCUT2D eigenvalue weighted by Crippen LogP contribution is -2.62. The van der Waals surface area contributed by atoms with Gasteiger partial charge in [-0.3, -0.25) is 34.4 Å². The summed E-state index contributed by atoms with van der Waals surface area (Å²) >= 11 is 12.5. The van der Waals surface area contributed by atoms with Crippen molar-refractivity contribution in [3.8, 4) is 11.5 Å².